The predicted molar refractivity (Wildman–Crippen MR) is 93.9 cm³/mol. The SMILES string of the molecule is CC.Cn1nnc2c1-c1ccccc1CC(N)c1ccccc1-2. The molecule has 2 N–H and O–H groups in total. The third-order valence-electron chi connectivity index (χ3n) is 4.15. The number of aromatic nitrogens is 3. The van der Waals surface area contributed by atoms with E-state index in [1.807, 2.05) is 37.7 Å². The van der Waals surface area contributed by atoms with E-state index in [9.17, 15) is 0 Å². The summed E-state index contributed by atoms with van der Waals surface area (Å²) in [5.41, 5.74) is 13.0. The van der Waals surface area contributed by atoms with Crippen molar-refractivity contribution >= 4 is 0 Å². The second-order valence-electron chi connectivity index (χ2n) is 5.47. The number of hydrogen-bond acceptors (Lipinski definition) is 3. The first-order valence-corrected chi connectivity index (χ1v) is 8.08. The Kier molecular flexibility index (Phi) is 4.26. The Labute approximate surface area is 137 Å². The molecule has 1 aliphatic rings. The molecule has 3 aromatic rings. The molecule has 0 bridgehead atoms. The Balaban J connectivity index is 0.000000753. The van der Waals surface area contributed by atoms with Gasteiger partial charge in [-0.1, -0.05) is 67.6 Å². The van der Waals surface area contributed by atoms with Crippen molar-refractivity contribution in [3.63, 3.8) is 0 Å². The van der Waals surface area contributed by atoms with Gasteiger partial charge in [-0.25, -0.2) is 4.68 Å². The molecule has 0 saturated heterocycles. The Hall–Kier alpha value is -2.46. The van der Waals surface area contributed by atoms with Crippen LogP contribution in [0.15, 0.2) is 48.5 Å². The topological polar surface area (TPSA) is 56.7 Å². The van der Waals surface area contributed by atoms with Crippen molar-refractivity contribution in [1.82, 2.24) is 15.0 Å². The third kappa shape index (κ3) is 2.55. The van der Waals surface area contributed by atoms with E-state index in [0.29, 0.717) is 0 Å². The number of benzene rings is 2. The molecular weight excluding hydrogens is 284 g/mol. The molecule has 1 unspecified atom stereocenters. The molecular formula is C19H22N4. The molecule has 0 radical (unpaired) electrons. The van der Waals surface area contributed by atoms with Gasteiger partial charge in [0.15, 0.2) is 0 Å². The summed E-state index contributed by atoms with van der Waals surface area (Å²) in [6.07, 6.45) is 0.817. The number of nitrogens with zero attached hydrogens (tertiary/aromatic N) is 3. The van der Waals surface area contributed by atoms with Crippen molar-refractivity contribution in [2.75, 3.05) is 0 Å². The summed E-state index contributed by atoms with van der Waals surface area (Å²) in [5.74, 6) is 0. The van der Waals surface area contributed by atoms with Gasteiger partial charge in [-0.2, -0.15) is 0 Å². The maximum atomic E-state index is 6.44. The number of nitrogens with two attached hydrogens (primary N) is 1. The lowest BCUT2D eigenvalue weighted by Crippen LogP contribution is -2.17. The quantitative estimate of drug-likeness (QED) is 0.688. The lowest BCUT2D eigenvalue weighted by Gasteiger charge is -2.21. The van der Waals surface area contributed by atoms with Gasteiger partial charge in [-0.05, 0) is 17.5 Å². The Morgan fingerprint density at radius 1 is 1.00 bits per heavy atom. The van der Waals surface area contributed by atoms with Crippen molar-refractivity contribution in [3.8, 4) is 22.5 Å². The monoisotopic (exact) mass is 306 g/mol. The molecule has 4 nitrogen and oxygen atoms in total. The normalized spacial score (nSPS) is 15.2. The molecule has 2 aromatic carbocycles. The lowest BCUT2D eigenvalue weighted by atomic mass is 9.87. The highest BCUT2D eigenvalue weighted by molar-refractivity contribution is 5.82. The van der Waals surface area contributed by atoms with E-state index < -0.39 is 0 Å². The maximum Gasteiger partial charge on any atom is 0.121 e. The van der Waals surface area contributed by atoms with E-state index in [4.69, 9.17) is 5.73 Å². The maximum absolute atomic E-state index is 6.44. The van der Waals surface area contributed by atoms with Crippen LogP contribution in [0.1, 0.15) is 31.0 Å². The lowest BCUT2D eigenvalue weighted by molar-refractivity contribution is 0.714. The molecule has 118 valence electrons. The molecule has 1 atom stereocenters. The van der Waals surface area contributed by atoms with E-state index in [0.717, 1.165) is 28.9 Å². The van der Waals surface area contributed by atoms with Gasteiger partial charge in [-0.3, -0.25) is 0 Å². The van der Waals surface area contributed by atoms with E-state index in [2.05, 4.69) is 46.7 Å². The highest BCUT2D eigenvalue weighted by atomic mass is 15.4. The number of rotatable bonds is 0. The van der Waals surface area contributed by atoms with Crippen molar-refractivity contribution in [1.29, 1.82) is 0 Å². The van der Waals surface area contributed by atoms with Gasteiger partial charge in [-0.15, -0.1) is 5.10 Å². The summed E-state index contributed by atoms with van der Waals surface area (Å²) in [6, 6.07) is 16.6. The molecule has 4 rings (SSSR count). The van der Waals surface area contributed by atoms with Crippen molar-refractivity contribution in [3.05, 3.63) is 59.7 Å². The van der Waals surface area contributed by atoms with Crippen LogP contribution < -0.4 is 5.73 Å². The molecule has 0 saturated carbocycles. The fourth-order valence-corrected chi connectivity index (χ4v) is 3.15. The van der Waals surface area contributed by atoms with Crippen LogP contribution in [0, 0.1) is 0 Å². The van der Waals surface area contributed by atoms with Crippen LogP contribution in [0.3, 0.4) is 0 Å². The summed E-state index contributed by atoms with van der Waals surface area (Å²) in [4.78, 5) is 0. The van der Waals surface area contributed by atoms with Crippen LogP contribution >= 0.6 is 0 Å². The molecule has 0 spiro atoms. The second-order valence-corrected chi connectivity index (χ2v) is 5.47. The predicted octanol–water partition coefficient (Wildman–Crippen LogP) is 3.73. The van der Waals surface area contributed by atoms with Crippen LogP contribution in [-0.2, 0) is 13.5 Å². The van der Waals surface area contributed by atoms with Crippen molar-refractivity contribution < 1.29 is 0 Å². The van der Waals surface area contributed by atoms with Gasteiger partial charge in [0.2, 0.25) is 0 Å². The largest absolute Gasteiger partial charge is 0.324 e. The molecule has 4 heteroatoms. The average molecular weight is 306 g/mol. The van der Waals surface area contributed by atoms with E-state index in [1.54, 1.807) is 0 Å². The summed E-state index contributed by atoms with van der Waals surface area (Å²) < 4.78 is 1.85. The fourth-order valence-electron chi connectivity index (χ4n) is 3.15. The van der Waals surface area contributed by atoms with Crippen LogP contribution in [0.4, 0.5) is 0 Å². The standard InChI is InChI=1S/C17H16N4.C2H6/c1-21-17-12-7-3-2-6-11(12)10-15(18)13-8-4-5-9-14(13)16(17)19-20-21;1-2/h2-9,15H,10,18H2,1H3;1-2H3. The molecule has 0 aliphatic heterocycles. The van der Waals surface area contributed by atoms with E-state index in [-0.39, 0.29) is 6.04 Å². The Morgan fingerprint density at radius 3 is 2.43 bits per heavy atom. The molecule has 0 fully saturated rings. The molecule has 1 aromatic heterocycles. The molecule has 1 aliphatic carbocycles. The van der Waals surface area contributed by atoms with Crippen LogP contribution in [-0.4, -0.2) is 15.0 Å². The first kappa shape index (κ1) is 15.4. The van der Waals surface area contributed by atoms with Crippen molar-refractivity contribution in [2.45, 2.75) is 26.3 Å². The number of aryl methyl sites for hydroxylation is 1. The van der Waals surface area contributed by atoms with Gasteiger partial charge in [0.1, 0.15) is 5.69 Å². The van der Waals surface area contributed by atoms with E-state index >= 15 is 0 Å². The zero-order valence-electron chi connectivity index (χ0n) is 13.8. The average Bonchev–Trinajstić information content (AvgIpc) is 2.97. The molecule has 1 heterocycles. The van der Waals surface area contributed by atoms with Crippen molar-refractivity contribution in [2.24, 2.45) is 12.8 Å². The number of hydrogen-bond donors (Lipinski definition) is 1. The molecule has 23 heavy (non-hydrogen) atoms. The smallest absolute Gasteiger partial charge is 0.121 e. The van der Waals surface area contributed by atoms with Gasteiger partial charge in [0.05, 0.1) is 5.69 Å². The van der Waals surface area contributed by atoms with Gasteiger partial charge in [0.25, 0.3) is 0 Å². The minimum absolute atomic E-state index is 0.0301. The summed E-state index contributed by atoms with van der Waals surface area (Å²) >= 11 is 0. The van der Waals surface area contributed by atoms with E-state index in [1.165, 1.54) is 11.1 Å². The highest BCUT2D eigenvalue weighted by Crippen LogP contribution is 2.39. The first-order chi connectivity index (χ1) is 11.3. The Morgan fingerprint density at radius 2 is 1.65 bits per heavy atom. The molecule has 0 amide bonds. The van der Waals surface area contributed by atoms with Crippen LogP contribution in [0.5, 0.6) is 0 Å². The van der Waals surface area contributed by atoms with Gasteiger partial charge in [0, 0.05) is 24.2 Å². The zero-order valence-corrected chi connectivity index (χ0v) is 13.8. The highest BCUT2D eigenvalue weighted by Gasteiger charge is 2.25. The summed E-state index contributed by atoms with van der Waals surface area (Å²) in [7, 11) is 1.94. The van der Waals surface area contributed by atoms with Gasteiger partial charge >= 0.3 is 0 Å². The summed E-state index contributed by atoms with van der Waals surface area (Å²) in [5, 5.41) is 8.62. The Bertz CT molecular complexity index is 820. The zero-order chi connectivity index (χ0) is 16.4. The first-order valence-electron chi connectivity index (χ1n) is 8.08. The minimum Gasteiger partial charge on any atom is -0.324 e. The summed E-state index contributed by atoms with van der Waals surface area (Å²) in [6.45, 7) is 4.00. The number of fused-ring (bicyclic) bond motifs is 5. The fraction of sp³-hybridized carbons (Fsp3) is 0.263. The second kappa shape index (κ2) is 6.34. The van der Waals surface area contributed by atoms with Gasteiger partial charge < -0.3 is 5.73 Å². The minimum atomic E-state index is -0.0301. The third-order valence-corrected chi connectivity index (χ3v) is 4.15. The van der Waals surface area contributed by atoms with Crippen LogP contribution in [0.2, 0.25) is 0 Å². The van der Waals surface area contributed by atoms with Crippen LogP contribution in [0.25, 0.3) is 22.5 Å².